The maximum atomic E-state index is 14.0. The van der Waals surface area contributed by atoms with Gasteiger partial charge in [0.1, 0.15) is 12.1 Å². The minimum atomic E-state index is -3.95. The molecule has 226 valence electrons. The van der Waals surface area contributed by atoms with E-state index < -0.39 is 57.3 Å². The first-order chi connectivity index (χ1) is 18.4. The van der Waals surface area contributed by atoms with Crippen LogP contribution in [0.25, 0.3) is 0 Å². The Hall–Kier alpha value is -2.57. The lowest BCUT2D eigenvalue weighted by Crippen LogP contribution is -2.61. The molecule has 1 saturated carbocycles. The molecular formula is C28H47N5O6S. The molecular weight excluding hydrogens is 534 g/mol. The van der Waals surface area contributed by atoms with Gasteiger partial charge in [0.05, 0.1) is 6.04 Å². The Bertz CT molecular complexity index is 1120. The summed E-state index contributed by atoms with van der Waals surface area (Å²) in [5.41, 5.74) is -0.908. The molecule has 2 aliphatic rings. The van der Waals surface area contributed by atoms with Crippen LogP contribution in [0.4, 0.5) is 0 Å². The second-order valence-electron chi connectivity index (χ2n) is 12.7. The summed E-state index contributed by atoms with van der Waals surface area (Å²) in [6.07, 6.45) is 6.30. The largest absolute Gasteiger partial charge is 0.346 e. The normalized spacial score (nSPS) is 23.7. The fourth-order valence-corrected chi connectivity index (χ4v) is 6.46. The van der Waals surface area contributed by atoms with Crippen LogP contribution in [0.5, 0.6) is 0 Å². The minimum absolute atomic E-state index is 0.0322. The van der Waals surface area contributed by atoms with Gasteiger partial charge in [0, 0.05) is 27.2 Å². The van der Waals surface area contributed by atoms with Gasteiger partial charge in [0.2, 0.25) is 17.6 Å². The van der Waals surface area contributed by atoms with E-state index in [4.69, 9.17) is 0 Å². The van der Waals surface area contributed by atoms with Gasteiger partial charge in [0.15, 0.2) is 0 Å². The van der Waals surface area contributed by atoms with Crippen molar-refractivity contribution in [1.82, 2.24) is 24.6 Å². The number of ketones is 1. The molecule has 0 aromatic heterocycles. The van der Waals surface area contributed by atoms with E-state index in [1.54, 1.807) is 45.9 Å². The van der Waals surface area contributed by atoms with Crippen LogP contribution in [0.15, 0.2) is 24.8 Å². The maximum Gasteiger partial charge on any atom is 0.289 e. The quantitative estimate of drug-likeness (QED) is 0.221. The number of fused-ring (bicyclic) bond motifs is 1. The third-order valence-electron chi connectivity index (χ3n) is 7.96. The van der Waals surface area contributed by atoms with Crippen molar-refractivity contribution in [3.63, 3.8) is 0 Å². The number of carbonyl (C=O) groups is 4. The number of hydrogen-bond donors (Lipinski definition) is 3. The summed E-state index contributed by atoms with van der Waals surface area (Å²) >= 11 is 0. The molecule has 5 atom stereocenters. The fourth-order valence-electron chi connectivity index (χ4n) is 5.50. The van der Waals surface area contributed by atoms with Gasteiger partial charge in [-0.25, -0.2) is 0 Å². The molecule has 1 aliphatic carbocycles. The molecule has 0 spiro atoms. The highest BCUT2D eigenvalue weighted by Gasteiger charge is 2.61. The Morgan fingerprint density at radius 2 is 1.80 bits per heavy atom. The second kappa shape index (κ2) is 12.9. The Balaban J connectivity index is 2.39. The number of carbonyl (C=O) groups excluding carboxylic acids is 4. The van der Waals surface area contributed by atoms with Crippen LogP contribution in [0.3, 0.4) is 0 Å². The van der Waals surface area contributed by atoms with Gasteiger partial charge in [-0.1, -0.05) is 52.8 Å². The van der Waals surface area contributed by atoms with Gasteiger partial charge >= 0.3 is 0 Å². The molecule has 0 aromatic rings. The Labute approximate surface area is 239 Å². The van der Waals surface area contributed by atoms with E-state index in [9.17, 15) is 27.6 Å². The highest BCUT2D eigenvalue weighted by Crippen LogP contribution is 2.57. The average Bonchev–Trinajstić information content (AvgIpc) is 3.18. The van der Waals surface area contributed by atoms with E-state index in [1.165, 1.54) is 19.0 Å². The lowest BCUT2D eigenvalue weighted by Gasteiger charge is -2.48. The molecule has 1 saturated heterocycles. The molecule has 1 aliphatic heterocycles. The molecule has 1 unspecified atom stereocenters. The van der Waals surface area contributed by atoms with Crippen LogP contribution in [0.1, 0.15) is 60.8 Å². The summed E-state index contributed by atoms with van der Waals surface area (Å²) in [6.45, 7) is 15.4. The monoisotopic (exact) mass is 581 g/mol. The van der Waals surface area contributed by atoms with Crippen molar-refractivity contribution in [3.8, 4) is 0 Å². The first-order valence-electron chi connectivity index (χ1n) is 13.7. The molecule has 0 radical (unpaired) electrons. The molecule has 1 heterocycles. The number of Topliss-reactive ketones (excluding diaryl/α,β-unsaturated/α-hetero) is 1. The number of nitrogens with zero attached hydrogens (tertiary/aromatic N) is 2. The van der Waals surface area contributed by atoms with Crippen molar-refractivity contribution in [1.29, 1.82) is 0 Å². The molecule has 12 heteroatoms. The van der Waals surface area contributed by atoms with Gasteiger partial charge in [-0.15, -0.1) is 6.58 Å². The van der Waals surface area contributed by atoms with Crippen molar-refractivity contribution >= 4 is 33.7 Å². The van der Waals surface area contributed by atoms with Crippen molar-refractivity contribution < 1.29 is 27.6 Å². The molecule has 3 N–H and O–H groups in total. The van der Waals surface area contributed by atoms with Crippen LogP contribution < -0.4 is 15.4 Å². The van der Waals surface area contributed by atoms with E-state index in [-0.39, 0.29) is 30.2 Å². The zero-order valence-corrected chi connectivity index (χ0v) is 25.9. The zero-order chi connectivity index (χ0) is 30.6. The van der Waals surface area contributed by atoms with E-state index in [1.807, 2.05) is 0 Å². The van der Waals surface area contributed by atoms with Gasteiger partial charge in [-0.2, -0.15) is 17.4 Å². The highest BCUT2D eigenvalue weighted by molar-refractivity contribution is 7.87. The number of amides is 3. The first kappa shape index (κ1) is 33.6. The van der Waals surface area contributed by atoms with Crippen molar-refractivity contribution in [3.05, 3.63) is 24.8 Å². The van der Waals surface area contributed by atoms with E-state index >= 15 is 0 Å². The van der Waals surface area contributed by atoms with Crippen LogP contribution in [0, 0.1) is 22.7 Å². The Morgan fingerprint density at radius 1 is 1.18 bits per heavy atom. The van der Waals surface area contributed by atoms with Gasteiger partial charge < -0.3 is 15.5 Å². The Kier molecular flexibility index (Phi) is 10.9. The summed E-state index contributed by atoms with van der Waals surface area (Å²) < 4.78 is 29.0. The number of nitrogens with one attached hydrogen (secondary N) is 3. The van der Waals surface area contributed by atoms with Crippen LogP contribution in [0.2, 0.25) is 0 Å². The second-order valence-corrected chi connectivity index (χ2v) is 14.6. The zero-order valence-electron chi connectivity index (χ0n) is 25.1. The fraction of sp³-hybridized carbons (Fsp3) is 0.714. The van der Waals surface area contributed by atoms with Gasteiger partial charge in [0.25, 0.3) is 16.1 Å². The molecule has 0 bridgehead atoms. The topological polar surface area (TPSA) is 145 Å². The molecule has 3 amide bonds. The molecule has 40 heavy (non-hydrogen) atoms. The molecule has 0 aromatic carbocycles. The molecule has 11 nitrogen and oxygen atoms in total. The van der Waals surface area contributed by atoms with E-state index in [0.29, 0.717) is 19.4 Å². The summed E-state index contributed by atoms with van der Waals surface area (Å²) in [4.78, 5) is 54.8. The highest BCUT2D eigenvalue weighted by atomic mass is 32.2. The standard InChI is InChI=1S/C28H47N5O6S/c1-10-12-14-20(22(34)25(36)29-15-13-11-2)30-24(35)21-18-16-28(6,7)19(18)17-33(21)26(37)23(27(3,4)5)31-40(38,39)32(8)9/h10-11,13,18-21,23,31H,1,12,14-17H2,2-9H3,(H,29,36)(H,30,35)/b13-11+/t18-,19-,20?,21-,23+/m0/s1. The third kappa shape index (κ3) is 7.58. The van der Waals surface area contributed by atoms with Crippen LogP contribution >= 0.6 is 0 Å². The average molecular weight is 582 g/mol. The first-order valence-corrected chi connectivity index (χ1v) is 15.2. The summed E-state index contributed by atoms with van der Waals surface area (Å²) in [5, 5.41) is 5.27. The summed E-state index contributed by atoms with van der Waals surface area (Å²) in [6, 6.07) is -3.12. The van der Waals surface area contributed by atoms with Gasteiger partial charge in [-0.05, 0) is 48.9 Å². The number of likely N-dealkylation sites (tertiary alicyclic amines) is 1. The number of allylic oxidation sites excluding steroid dienone is 2. The maximum absolute atomic E-state index is 14.0. The third-order valence-corrected chi connectivity index (χ3v) is 9.46. The van der Waals surface area contributed by atoms with E-state index in [2.05, 4.69) is 35.8 Å². The van der Waals surface area contributed by atoms with Crippen molar-refractivity contribution in [2.45, 2.75) is 78.9 Å². The van der Waals surface area contributed by atoms with Crippen LogP contribution in [-0.4, -0.2) is 86.4 Å². The Morgan fingerprint density at radius 3 is 2.30 bits per heavy atom. The summed E-state index contributed by atoms with van der Waals surface area (Å²) in [5.74, 6) is -2.72. The van der Waals surface area contributed by atoms with Crippen molar-refractivity contribution in [2.75, 3.05) is 27.2 Å². The molecule has 2 rings (SSSR count). The SMILES string of the molecule is C=CCCC(NC(=O)[C@@H]1[C@H]2CC(C)(C)[C@H]2CN1C(=O)[C@@H](NS(=O)(=O)N(C)C)C(C)(C)C)C(=O)C(=O)NC/C=C/C. The van der Waals surface area contributed by atoms with Gasteiger partial charge in [-0.3, -0.25) is 19.2 Å². The lowest BCUT2D eigenvalue weighted by molar-refractivity contribution is -0.144. The number of hydrogen-bond acceptors (Lipinski definition) is 6. The van der Waals surface area contributed by atoms with E-state index in [0.717, 1.165) is 4.31 Å². The summed E-state index contributed by atoms with van der Waals surface area (Å²) in [7, 11) is -1.21. The lowest BCUT2D eigenvalue weighted by atomic mass is 9.55. The predicted molar refractivity (Wildman–Crippen MR) is 154 cm³/mol. The minimum Gasteiger partial charge on any atom is -0.346 e. The van der Waals surface area contributed by atoms with Crippen molar-refractivity contribution in [2.24, 2.45) is 22.7 Å². The van der Waals surface area contributed by atoms with Crippen LogP contribution in [-0.2, 0) is 29.4 Å². The molecule has 2 fully saturated rings. The predicted octanol–water partition coefficient (Wildman–Crippen LogP) is 1.38. The number of rotatable bonds is 13. The smallest absolute Gasteiger partial charge is 0.289 e.